The fraction of sp³-hybridized carbons (Fsp3) is 0.455. The molecular weight excluding hydrogens is 268 g/mol. The van der Waals surface area contributed by atoms with E-state index in [0.29, 0.717) is 11.7 Å². The normalized spacial score (nSPS) is 13.3. The first kappa shape index (κ1) is 15.5. The summed E-state index contributed by atoms with van der Waals surface area (Å²) in [5.41, 5.74) is 4.90. The van der Waals surface area contributed by atoms with Crippen molar-refractivity contribution in [2.45, 2.75) is 32.4 Å². The predicted octanol–water partition coefficient (Wildman–Crippen LogP) is -0.328. The number of aliphatic carboxylic acids is 1. The number of urea groups is 1. The summed E-state index contributed by atoms with van der Waals surface area (Å²) in [6, 6.07) is -2.69. The van der Waals surface area contributed by atoms with Gasteiger partial charge in [0.25, 0.3) is 0 Å². The van der Waals surface area contributed by atoms with Crippen molar-refractivity contribution in [1.82, 2.24) is 15.6 Å². The molecule has 9 heteroatoms. The minimum absolute atomic E-state index is 0.291. The lowest BCUT2D eigenvalue weighted by atomic mass is 10.2. The second kappa shape index (κ2) is 6.55. The number of primary amides is 1. The number of nitrogens with zero attached hydrogens (tertiary/aromatic N) is 1. The topological polar surface area (TPSA) is 148 Å². The Morgan fingerprint density at radius 2 is 2.10 bits per heavy atom. The van der Waals surface area contributed by atoms with Crippen molar-refractivity contribution in [3.8, 4) is 0 Å². The lowest BCUT2D eigenvalue weighted by Crippen LogP contribution is -2.48. The van der Waals surface area contributed by atoms with E-state index in [-0.39, 0.29) is 0 Å². The third kappa shape index (κ3) is 4.59. The average Bonchev–Trinajstić information content (AvgIpc) is 2.74. The molecule has 1 heterocycles. The molecule has 0 saturated heterocycles. The van der Waals surface area contributed by atoms with E-state index in [9.17, 15) is 14.4 Å². The van der Waals surface area contributed by atoms with E-state index in [2.05, 4.69) is 15.6 Å². The zero-order valence-electron chi connectivity index (χ0n) is 11.0. The zero-order chi connectivity index (χ0) is 15.3. The zero-order valence-corrected chi connectivity index (χ0v) is 11.0. The average molecular weight is 284 g/mol. The van der Waals surface area contributed by atoms with E-state index >= 15 is 0 Å². The van der Waals surface area contributed by atoms with Crippen LogP contribution in [0.15, 0.2) is 10.6 Å². The molecule has 0 aliphatic heterocycles. The number of carboxylic acid groups (broad SMARTS) is 1. The van der Waals surface area contributed by atoms with E-state index < -0.39 is 36.4 Å². The van der Waals surface area contributed by atoms with Gasteiger partial charge in [0.2, 0.25) is 11.8 Å². The number of hydrogen-bond donors (Lipinski definition) is 4. The Bertz CT molecular complexity index is 513. The number of aromatic nitrogens is 1. The fourth-order valence-corrected chi connectivity index (χ4v) is 1.43. The number of nitrogens with two attached hydrogens (primary N) is 1. The van der Waals surface area contributed by atoms with Crippen LogP contribution in [0.2, 0.25) is 0 Å². The summed E-state index contributed by atoms with van der Waals surface area (Å²) >= 11 is 0. The molecule has 0 saturated carbocycles. The molecule has 110 valence electrons. The van der Waals surface area contributed by atoms with E-state index in [1.165, 1.54) is 6.20 Å². The minimum Gasteiger partial charge on any atom is -0.480 e. The summed E-state index contributed by atoms with van der Waals surface area (Å²) in [5, 5.41) is 13.4. The fourth-order valence-electron chi connectivity index (χ4n) is 1.43. The lowest BCUT2D eigenvalue weighted by Gasteiger charge is -2.15. The van der Waals surface area contributed by atoms with Crippen molar-refractivity contribution in [2.24, 2.45) is 5.73 Å². The molecule has 1 unspecified atom stereocenters. The van der Waals surface area contributed by atoms with Crippen LogP contribution >= 0.6 is 0 Å². The van der Waals surface area contributed by atoms with Gasteiger partial charge in [-0.25, -0.2) is 14.6 Å². The summed E-state index contributed by atoms with van der Waals surface area (Å²) in [6.45, 7) is 3.32. The van der Waals surface area contributed by atoms with Crippen LogP contribution in [0.1, 0.15) is 31.0 Å². The van der Waals surface area contributed by atoms with Gasteiger partial charge in [-0.15, -0.1) is 0 Å². The first-order chi connectivity index (χ1) is 9.29. The second-order valence-electron chi connectivity index (χ2n) is 4.21. The van der Waals surface area contributed by atoms with E-state index in [1.54, 1.807) is 13.8 Å². The van der Waals surface area contributed by atoms with Crippen molar-refractivity contribution in [2.75, 3.05) is 0 Å². The summed E-state index contributed by atoms with van der Waals surface area (Å²) in [5.74, 6) is -1.29. The molecule has 0 radical (unpaired) electrons. The van der Waals surface area contributed by atoms with Gasteiger partial charge >= 0.3 is 12.0 Å². The van der Waals surface area contributed by atoms with Gasteiger partial charge in [0.05, 0.1) is 12.6 Å². The quantitative estimate of drug-likeness (QED) is 0.562. The summed E-state index contributed by atoms with van der Waals surface area (Å²) in [7, 11) is 0. The number of rotatable bonds is 6. The minimum atomic E-state index is -1.38. The van der Waals surface area contributed by atoms with Gasteiger partial charge in [-0.05, 0) is 13.8 Å². The Kier molecular flexibility index (Phi) is 5.07. The van der Waals surface area contributed by atoms with Gasteiger partial charge in [-0.2, -0.15) is 0 Å². The first-order valence-corrected chi connectivity index (χ1v) is 5.80. The number of carboxylic acids is 1. The third-order valence-electron chi connectivity index (χ3n) is 2.37. The molecule has 0 bridgehead atoms. The maximum atomic E-state index is 11.6. The smallest absolute Gasteiger partial charge is 0.326 e. The number of nitrogens with one attached hydrogen (secondary N) is 2. The van der Waals surface area contributed by atoms with Gasteiger partial charge < -0.3 is 25.9 Å². The van der Waals surface area contributed by atoms with Crippen LogP contribution in [0.3, 0.4) is 0 Å². The molecule has 2 atom stereocenters. The number of hydrogen-bond acceptors (Lipinski definition) is 5. The molecule has 1 rings (SSSR count). The molecule has 0 fully saturated rings. The van der Waals surface area contributed by atoms with Crippen LogP contribution in [0.5, 0.6) is 0 Å². The summed E-state index contributed by atoms with van der Waals surface area (Å²) < 4.78 is 5.22. The second-order valence-corrected chi connectivity index (χ2v) is 4.21. The first-order valence-electron chi connectivity index (χ1n) is 5.80. The highest BCUT2D eigenvalue weighted by atomic mass is 16.4. The van der Waals surface area contributed by atoms with Gasteiger partial charge in [0.15, 0.2) is 0 Å². The Balaban J connectivity index is 2.57. The van der Waals surface area contributed by atoms with E-state index in [0.717, 1.165) is 0 Å². The number of carbonyl (C=O) groups excluding carboxylic acids is 2. The van der Waals surface area contributed by atoms with Crippen LogP contribution in [0.25, 0.3) is 0 Å². The molecule has 0 spiro atoms. The molecule has 1 aromatic rings. The molecule has 5 N–H and O–H groups in total. The largest absolute Gasteiger partial charge is 0.480 e. The van der Waals surface area contributed by atoms with Gasteiger partial charge in [0, 0.05) is 0 Å². The van der Waals surface area contributed by atoms with Crippen molar-refractivity contribution in [3.63, 3.8) is 0 Å². The highest BCUT2D eigenvalue weighted by Crippen LogP contribution is 2.11. The van der Waals surface area contributed by atoms with Gasteiger partial charge in [0.1, 0.15) is 17.8 Å². The van der Waals surface area contributed by atoms with Crippen molar-refractivity contribution in [1.29, 1.82) is 0 Å². The van der Waals surface area contributed by atoms with Crippen LogP contribution in [-0.4, -0.2) is 34.0 Å². The number of aryl methyl sites for hydroxylation is 1. The Morgan fingerprint density at radius 3 is 2.55 bits per heavy atom. The van der Waals surface area contributed by atoms with Crippen LogP contribution in [-0.2, 0) is 9.59 Å². The van der Waals surface area contributed by atoms with Gasteiger partial charge in [-0.1, -0.05) is 0 Å². The van der Waals surface area contributed by atoms with Crippen LogP contribution in [0, 0.1) is 6.92 Å². The van der Waals surface area contributed by atoms with E-state index in [1.807, 2.05) is 0 Å². The molecular formula is C11H16N4O5. The molecule has 20 heavy (non-hydrogen) atoms. The van der Waals surface area contributed by atoms with Crippen molar-refractivity contribution < 1.29 is 23.9 Å². The Labute approximate surface area is 114 Å². The number of carbonyl (C=O) groups is 3. The molecule has 1 aromatic heterocycles. The predicted molar refractivity (Wildman–Crippen MR) is 66.6 cm³/mol. The van der Waals surface area contributed by atoms with Crippen LogP contribution < -0.4 is 16.4 Å². The molecule has 3 amide bonds. The summed E-state index contributed by atoms with van der Waals surface area (Å²) in [6.07, 6.45) is 1.01. The monoisotopic (exact) mass is 284 g/mol. The van der Waals surface area contributed by atoms with Crippen molar-refractivity contribution >= 4 is 17.9 Å². The molecule has 0 aliphatic rings. The highest BCUT2D eigenvalue weighted by molar-refractivity contribution is 5.87. The molecule has 0 aromatic carbocycles. The number of amides is 3. The lowest BCUT2D eigenvalue weighted by molar-refractivity contribution is -0.140. The van der Waals surface area contributed by atoms with Crippen molar-refractivity contribution in [3.05, 3.63) is 17.8 Å². The van der Waals surface area contributed by atoms with Crippen LogP contribution in [0.4, 0.5) is 4.79 Å². The maximum Gasteiger partial charge on any atom is 0.326 e. The highest BCUT2D eigenvalue weighted by Gasteiger charge is 2.23. The molecule has 0 aliphatic carbocycles. The summed E-state index contributed by atoms with van der Waals surface area (Å²) in [4.78, 5) is 37.1. The standard InChI is InChI=1S/C11H16N4O5/c1-5-4-13-9(20-5)6(2)14-11(19)15-7(10(17)18)3-8(12)16/h4,6-7H,3H2,1-2H3,(H2,12,16)(H,17,18)(H2,14,15,19)/t6?,7-/m0/s1. The molecule has 9 nitrogen and oxygen atoms in total. The van der Waals surface area contributed by atoms with E-state index in [4.69, 9.17) is 15.3 Å². The Hall–Kier alpha value is -2.58. The SMILES string of the molecule is Cc1cnc(C(C)NC(=O)N[C@@H](CC(N)=O)C(=O)O)o1. The Morgan fingerprint density at radius 1 is 1.45 bits per heavy atom. The third-order valence-corrected chi connectivity index (χ3v) is 2.37. The number of oxazole rings is 1. The maximum absolute atomic E-state index is 11.6. The van der Waals surface area contributed by atoms with Gasteiger partial charge in [-0.3, -0.25) is 4.79 Å².